The summed E-state index contributed by atoms with van der Waals surface area (Å²) in [6, 6.07) is 5.44. The van der Waals surface area contributed by atoms with Gasteiger partial charge in [0.2, 0.25) is 5.09 Å². The van der Waals surface area contributed by atoms with Gasteiger partial charge in [0.1, 0.15) is 5.58 Å². The fraction of sp³-hybridized carbons (Fsp3) is 0.333. The van der Waals surface area contributed by atoms with Crippen LogP contribution in [0.5, 0.6) is 0 Å². The largest absolute Gasteiger partial charge is 0.742 e. The molecule has 0 amide bonds. The van der Waals surface area contributed by atoms with Gasteiger partial charge in [-0.15, -0.1) is 0 Å². The maximum Gasteiger partial charge on any atom is 0.209 e. The normalized spacial score (nSPS) is 12.5. The molecular weight excluding hydrogens is 240 g/mol. The van der Waals surface area contributed by atoms with Crippen LogP contribution in [0.15, 0.2) is 27.7 Å². The summed E-state index contributed by atoms with van der Waals surface area (Å²) in [5, 5.41) is 0.207. The summed E-state index contributed by atoms with van der Waals surface area (Å²) < 4.78 is 38.1. The van der Waals surface area contributed by atoms with Gasteiger partial charge in [0, 0.05) is 10.9 Å². The average Bonchev–Trinajstić information content (AvgIpc) is 2.55. The molecule has 1 aromatic carbocycles. The van der Waals surface area contributed by atoms with E-state index in [0.29, 0.717) is 22.5 Å². The van der Waals surface area contributed by atoms with E-state index in [-0.39, 0.29) is 0 Å². The fourth-order valence-corrected chi connectivity index (χ4v) is 2.49. The summed E-state index contributed by atoms with van der Waals surface area (Å²) in [6.45, 7) is 5.67. The van der Waals surface area contributed by atoms with Crippen LogP contribution in [0.2, 0.25) is 0 Å². The minimum Gasteiger partial charge on any atom is -0.742 e. The molecule has 2 rings (SSSR count). The number of hydrogen-bond acceptors (Lipinski definition) is 4. The van der Waals surface area contributed by atoms with Crippen molar-refractivity contribution in [2.24, 2.45) is 0 Å². The van der Waals surface area contributed by atoms with Crippen LogP contribution in [0.1, 0.15) is 30.9 Å². The summed E-state index contributed by atoms with van der Waals surface area (Å²) >= 11 is 0. The van der Waals surface area contributed by atoms with Crippen molar-refractivity contribution in [1.29, 1.82) is 0 Å². The Morgan fingerprint density at radius 2 is 1.94 bits per heavy atom. The fourth-order valence-electron chi connectivity index (χ4n) is 1.81. The molecule has 0 spiro atoms. The molecule has 0 aliphatic heterocycles. The van der Waals surface area contributed by atoms with Crippen LogP contribution < -0.4 is 0 Å². The molecule has 0 saturated carbocycles. The molecule has 0 aliphatic rings. The Bertz CT molecular complexity index is 665. The van der Waals surface area contributed by atoms with Crippen molar-refractivity contribution in [2.75, 3.05) is 0 Å². The summed E-state index contributed by atoms with van der Waals surface area (Å²) in [5.74, 6) is 0.334. The van der Waals surface area contributed by atoms with Gasteiger partial charge in [0.25, 0.3) is 0 Å². The highest BCUT2D eigenvalue weighted by molar-refractivity contribution is 7.85. The molecule has 0 atom stereocenters. The van der Waals surface area contributed by atoms with Gasteiger partial charge in [-0.3, -0.25) is 0 Å². The Kier molecular flexibility index (Phi) is 2.75. The Hall–Kier alpha value is -1.33. The average molecular weight is 253 g/mol. The Morgan fingerprint density at radius 3 is 2.47 bits per heavy atom. The Balaban J connectivity index is 2.76. The van der Waals surface area contributed by atoms with Crippen molar-refractivity contribution < 1.29 is 17.4 Å². The third-order valence-electron chi connectivity index (χ3n) is 2.81. The van der Waals surface area contributed by atoms with E-state index in [1.165, 1.54) is 0 Å². The number of rotatable bonds is 2. The highest BCUT2D eigenvalue weighted by Gasteiger charge is 2.16. The lowest BCUT2D eigenvalue weighted by Crippen LogP contribution is -1.98. The molecule has 0 unspecified atom stereocenters. The summed E-state index contributed by atoms with van der Waals surface area (Å²) in [6.07, 6.45) is 0. The van der Waals surface area contributed by atoms with Crippen molar-refractivity contribution in [1.82, 2.24) is 0 Å². The number of hydrogen-bond donors (Lipinski definition) is 0. The summed E-state index contributed by atoms with van der Waals surface area (Å²) in [5.41, 5.74) is 1.90. The zero-order chi connectivity index (χ0) is 12.8. The van der Waals surface area contributed by atoms with Crippen LogP contribution in [0.3, 0.4) is 0 Å². The lowest BCUT2D eigenvalue weighted by molar-refractivity contribution is 0.409. The van der Waals surface area contributed by atoms with Gasteiger partial charge >= 0.3 is 0 Å². The molecule has 0 bridgehead atoms. The van der Waals surface area contributed by atoms with Gasteiger partial charge in [-0.1, -0.05) is 19.9 Å². The van der Waals surface area contributed by atoms with Crippen molar-refractivity contribution in [2.45, 2.75) is 31.8 Å². The number of aryl methyl sites for hydroxylation is 1. The van der Waals surface area contributed by atoms with Crippen LogP contribution in [0, 0.1) is 6.92 Å². The minimum absolute atomic E-state index is 0.334. The number of benzene rings is 1. The first-order chi connectivity index (χ1) is 7.80. The first-order valence-corrected chi connectivity index (χ1v) is 6.70. The molecular formula is C12H13O4S-. The molecule has 0 saturated heterocycles. The van der Waals surface area contributed by atoms with Crippen molar-refractivity contribution >= 4 is 21.1 Å². The third-order valence-corrected chi connectivity index (χ3v) is 3.65. The predicted molar refractivity (Wildman–Crippen MR) is 63.0 cm³/mol. The van der Waals surface area contributed by atoms with Crippen molar-refractivity contribution in [3.05, 3.63) is 29.3 Å². The van der Waals surface area contributed by atoms with Crippen LogP contribution in [0.4, 0.5) is 0 Å². The van der Waals surface area contributed by atoms with Crippen molar-refractivity contribution in [3.8, 4) is 0 Å². The van der Waals surface area contributed by atoms with Crippen LogP contribution in [-0.2, 0) is 10.1 Å². The first-order valence-electron chi connectivity index (χ1n) is 5.29. The van der Waals surface area contributed by atoms with E-state index >= 15 is 0 Å². The standard InChI is InChI=1S/C12H14O4S/c1-7(2)9-4-5-11-10(6-9)8(3)12(16-11)17(13,14)15/h4-7H,1-3H3,(H,13,14,15)/p-1. The summed E-state index contributed by atoms with van der Waals surface area (Å²) in [7, 11) is -4.55. The molecule has 92 valence electrons. The van der Waals surface area contributed by atoms with Gasteiger partial charge < -0.3 is 8.97 Å². The van der Waals surface area contributed by atoms with E-state index in [9.17, 15) is 13.0 Å². The maximum atomic E-state index is 11.0. The topological polar surface area (TPSA) is 70.3 Å². The van der Waals surface area contributed by atoms with Gasteiger partial charge in [-0.05, 0) is 30.5 Å². The van der Waals surface area contributed by atoms with Gasteiger partial charge in [0.15, 0.2) is 10.1 Å². The third kappa shape index (κ3) is 2.08. The zero-order valence-electron chi connectivity index (χ0n) is 9.85. The Morgan fingerprint density at radius 1 is 1.29 bits per heavy atom. The molecule has 0 fully saturated rings. The van der Waals surface area contributed by atoms with Crippen LogP contribution in [-0.4, -0.2) is 13.0 Å². The summed E-state index contributed by atoms with van der Waals surface area (Å²) in [4.78, 5) is 0. The van der Waals surface area contributed by atoms with Gasteiger partial charge in [0.05, 0.1) is 0 Å². The molecule has 0 N–H and O–H groups in total. The second kappa shape index (κ2) is 3.85. The second-order valence-corrected chi connectivity index (χ2v) is 5.66. The number of furan rings is 1. The van der Waals surface area contributed by atoms with E-state index in [2.05, 4.69) is 0 Å². The van der Waals surface area contributed by atoms with E-state index in [4.69, 9.17) is 4.42 Å². The molecule has 0 radical (unpaired) electrons. The maximum absolute atomic E-state index is 11.0. The van der Waals surface area contributed by atoms with E-state index in [1.54, 1.807) is 13.0 Å². The molecule has 5 heteroatoms. The quantitative estimate of drug-likeness (QED) is 0.771. The highest BCUT2D eigenvalue weighted by Crippen LogP contribution is 2.30. The predicted octanol–water partition coefficient (Wildman–Crippen LogP) is 2.77. The second-order valence-electron chi connectivity index (χ2n) is 4.38. The SMILES string of the molecule is Cc1c(S(=O)(=O)[O-])oc2ccc(C(C)C)cc12. The number of fused-ring (bicyclic) bond motifs is 1. The molecule has 17 heavy (non-hydrogen) atoms. The zero-order valence-corrected chi connectivity index (χ0v) is 10.7. The van der Waals surface area contributed by atoms with Gasteiger partial charge in [-0.2, -0.15) is 0 Å². The van der Waals surface area contributed by atoms with E-state index in [1.807, 2.05) is 26.0 Å². The monoisotopic (exact) mass is 253 g/mol. The smallest absolute Gasteiger partial charge is 0.209 e. The van der Waals surface area contributed by atoms with Crippen molar-refractivity contribution in [3.63, 3.8) is 0 Å². The van der Waals surface area contributed by atoms with E-state index in [0.717, 1.165) is 5.56 Å². The first kappa shape index (κ1) is 12.1. The van der Waals surface area contributed by atoms with Gasteiger partial charge in [-0.25, -0.2) is 8.42 Å². The highest BCUT2D eigenvalue weighted by atomic mass is 32.2. The molecule has 4 nitrogen and oxygen atoms in total. The lowest BCUT2D eigenvalue weighted by Gasteiger charge is -2.04. The molecule has 0 aliphatic carbocycles. The van der Waals surface area contributed by atoms with Crippen LogP contribution in [0.25, 0.3) is 11.0 Å². The Labute approximate surface area is 100.0 Å². The van der Waals surface area contributed by atoms with Crippen LogP contribution >= 0.6 is 0 Å². The molecule has 1 heterocycles. The minimum atomic E-state index is -4.55. The molecule has 2 aromatic rings. The lowest BCUT2D eigenvalue weighted by atomic mass is 10.0. The van der Waals surface area contributed by atoms with E-state index < -0.39 is 15.2 Å². The molecule has 1 aromatic heterocycles.